The number of hydrogen-bond donors (Lipinski definition) is 3. The topological polar surface area (TPSA) is 126 Å². The Morgan fingerprint density at radius 1 is 1.32 bits per heavy atom. The highest BCUT2D eigenvalue weighted by Gasteiger charge is 2.51. The van der Waals surface area contributed by atoms with E-state index in [4.69, 9.17) is 20.7 Å². The second-order valence-corrected chi connectivity index (χ2v) is 6.03. The van der Waals surface area contributed by atoms with Gasteiger partial charge in [0.2, 0.25) is 0 Å². The lowest BCUT2D eigenvalue weighted by atomic mass is 10.1. The highest BCUT2D eigenvalue weighted by molar-refractivity contribution is 5.89. The van der Waals surface area contributed by atoms with Crippen LogP contribution < -0.4 is 15.4 Å². The molecule has 0 amide bonds. The number of carboxylic acids is 2. The first-order valence-corrected chi connectivity index (χ1v) is 8.07. The number of fused-ring (bicyclic) bond motifs is 1. The van der Waals surface area contributed by atoms with E-state index in [0.29, 0.717) is 18.2 Å². The van der Waals surface area contributed by atoms with Crippen LogP contribution in [0.5, 0.6) is 5.75 Å². The summed E-state index contributed by atoms with van der Waals surface area (Å²) in [5.41, 5.74) is 6.89. The van der Waals surface area contributed by atoms with E-state index in [9.17, 15) is 9.59 Å². The van der Waals surface area contributed by atoms with Gasteiger partial charge in [0.25, 0.3) is 0 Å². The second kappa shape index (κ2) is 8.48. The average Bonchev–Trinajstić information content (AvgIpc) is 3.25. The maximum absolute atomic E-state index is 9.55. The van der Waals surface area contributed by atoms with Crippen molar-refractivity contribution in [2.45, 2.75) is 31.3 Å². The molecule has 1 aromatic rings. The summed E-state index contributed by atoms with van der Waals surface area (Å²) >= 11 is 0. The summed E-state index contributed by atoms with van der Waals surface area (Å²) in [4.78, 5) is 25.9. The van der Waals surface area contributed by atoms with Gasteiger partial charge in [0.05, 0.1) is 25.2 Å². The van der Waals surface area contributed by atoms with E-state index in [-0.39, 0.29) is 0 Å². The van der Waals surface area contributed by atoms with E-state index in [1.54, 1.807) is 13.3 Å². The Labute approximate surface area is 145 Å². The van der Waals surface area contributed by atoms with Crippen LogP contribution in [-0.2, 0) is 9.59 Å². The van der Waals surface area contributed by atoms with Gasteiger partial charge >= 0.3 is 11.9 Å². The van der Waals surface area contributed by atoms with E-state index < -0.39 is 11.9 Å². The molecule has 136 valence electrons. The van der Waals surface area contributed by atoms with Crippen LogP contribution in [0.1, 0.15) is 19.3 Å². The van der Waals surface area contributed by atoms with Crippen LogP contribution in [0.4, 0.5) is 5.69 Å². The zero-order valence-electron chi connectivity index (χ0n) is 14.0. The number of anilines is 1. The van der Waals surface area contributed by atoms with Crippen molar-refractivity contribution in [3.63, 3.8) is 0 Å². The molecule has 1 aromatic heterocycles. The quantitative estimate of drug-likeness (QED) is 0.652. The fourth-order valence-electron chi connectivity index (χ4n) is 3.21. The summed E-state index contributed by atoms with van der Waals surface area (Å²) in [5, 5.41) is 15.6. The first kappa shape index (κ1) is 18.7. The third kappa shape index (κ3) is 5.18. The zero-order chi connectivity index (χ0) is 18.4. The molecule has 8 heteroatoms. The van der Waals surface area contributed by atoms with Gasteiger partial charge in [-0.2, -0.15) is 0 Å². The molecule has 1 saturated heterocycles. The van der Waals surface area contributed by atoms with E-state index in [0.717, 1.165) is 30.7 Å². The van der Waals surface area contributed by atoms with Gasteiger partial charge < -0.3 is 25.6 Å². The van der Waals surface area contributed by atoms with Crippen LogP contribution >= 0.6 is 0 Å². The predicted molar refractivity (Wildman–Crippen MR) is 91.7 cm³/mol. The smallest absolute Gasteiger partial charge is 0.328 e. The van der Waals surface area contributed by atoms with E-state index in [2.05, 4.69) is 16.0 Å². The van der Waals surface area contributed by atoms with Crippen LogP contribution in [0.15, 0.2) is 30.6 Å². The van der Waals surface area contributed by atoms with Crippen molar-refractivity contribution in [3.8, 4) is 5.75 Å². The minimum absolute atomic E-state index is 0.558. The Bertz CT molecular complexity index is 633. The van der Waals surface area contributed by atoms with Crippen molar-refractivity contribution in [1.29, 1.82) is 0 Å². The Balaban J connectivity index is 0.000000242. The Morgan fingerprint density at radius 2 is 2.00 bits per heavy atom. The number of nitrogens with zero attached hydrogens (tertiary/aromatic N) is 2. The maximum Gasteiger partial charge on any atom is 0.328 e. The Hall–Kier alpha value is -2.61. The molecular weight excluding hydrogens is 326 g/mol. The normalized spacial score (nSPS) is 23.6. The number of ether oxygens (including phenoxy) is 1. The van der Waals surface area contributed by atoms with Gasteiger partial charge in [-0.25, -0.2) is 9.59 Å². The van der Waals surface area contributed by atoms with Gasteiger partial charge in [-0.05, 0) is 31.7 Å². The molecule has 0 spiro atoms. The number of carbonyl (C=O) groups is 2. The minimum Gasteiger partial charge on any atom is -0.495 e. The standard InChI is InChI=1S/C13H19N3O.C4H4O4/c1-17-12-6-11(7-15-8-12)16-10(2-3-14)4-9-5-13(9)16;5-3(6)1-2-4(7)8/h6-10,13H,2-5,14H2,1H3;1-2H,(H,5,6)(H,7,8). The molecule has 4 N–H and O–H groups in total. The fourth-order valence-corrected chi connectivity index (χ4v) is 3.21. The van der Waals surface area contributed by atoms with Crippen LogP contribution in [0, 0.1) is 5.92 Å². The third-order valence-electron chi connectivity index (χ3n) is 4.31. The summed E-state index contributed by atoms with van der Waals surface area (Å²) in [7, 11) is 1.68. The van der Waals surface area contributed by atoms with Crippen molar-refractivity contribution < 1.29 is 24.5 Å². The molecule has 8 nitrogen and oxygen atoms in total. The number of aromatic nitrogens is 1. The number of nitrogens with two attached hydrogens (primary N) is 1. The molecule has 2 fully saturated rings. The number of piperidine rings is 1. The number of rotatable bonds is 6. The molecule has 25 heavy (non-hydrogen) atoms. The summed E-state index contributed by atoms with van der Waals surface area (Å²) in [5.74, 6) is -0.796. The molecule has 0 bridgehead atoms. The lowest BCUT2D eigenvalue weighted by Gasteiger charge is -2.29. The molecule has 1 aliphatic carbocycles. The maximum atomic E-state index is 9.55. The van der Waals surface area contributed by atoms with Gasteiger partial charge in [0.15, 0.2) is 0 Å². The molecule has 3 atom stereocenters. The SMILES string of the molecule is COc1cncc(N2C(CCN)CC3CC32)c1.O=C(O)C=CC(=O)O. The number of methoxy groups -OCH3 is 1. The molecule has 0 radical (unpaired) electrons. The Kier molecular flexibility index (Phi) is 6.35. The highest BCUT2D eigenvalue weighted by atomic mass is 16.5. The number of aliphatic carboxylic acids is 2. The summed E-state index contributed by atoms with van der Waals surface area (Å²) in [6.45, 7) is 0.762. The zero-order valence-corrected chi connectivity index (χ0v) is 14.0. The van der Waals surface area contributed by atoms with Crippen molar-refractivity contribution in [2.24, 2.45) is 11.7 Å². The summed E-state index contributed by atoms with van der Waals surface area (Å²) in [6.07, 6.45) is 8.50. The van der Waals surface area contributed by atoms with Gasteiger partial charge in [-0.3, -0.25) is 4.98 Å². The van der Waals surface area contributed by atoms with Gasteiger partial charge in [-0.15, -0.1) is 0 Å². The third-order valence-corrected chi connectivity index (χ3v) is 4.31. The van der Waals surface area contributed by atoms with Gasteiger partial charge in [0.1, 0.15) is 5.75 Å². The van der Waals surface area contributed by atoms with Crippen molar-refractivity contribution in [1.82, 2.24) is 4.98 Å². The van der Waals surface area contributed by atoms with Crippen molar-refractivity contribution in [3.05, 3.63) is 30.6 Å². The number of pyridine rings is 1. The Morgan fingerprint density at radius 3 is 2.56 bits per heavy atom. The van der Waals surface area contributed by atoms with Crippen LogP contribution in [-0.4, -0.2) is 52.9 Å². The monoisotopic (exact) mass is 349 g/mol. The van der Waals surface area contributed by atoms with E-state index >= 15 is 0 Å². The number of hydrogen-bond acceptors (Lipinski definition) is 6. The van der Waals surface area contributed by atoms with Crippen molar-refractivity contribution in [2.75, 3.05) is 18.6 Å². The summed E-state index contributed by atoms with van der Waals surface area (Å²) in [6, 6.07) is 3.40. The molecule has 2 aliphatic rings. The average molecular weight is 349 g/mol. The molecule has 1 saturated carbocycles. The van der Waals surface area contributed by atoms with Gasteiger partial charge in [0, 0.05) is 30.3 Å². The number of carboxylic acid groups (broad SMARTS) is 2. The molecule has 3 rings (SSSR count). The van der Waals surface area contributed by atoms with Crippen LogP contribution in [0.3, 0.4) is 0 Å². The first-order valence-electron chi connectivity index (χ1n) is 8.07. The molecular formula is C17H23N3O5. The highest BCUT2D eigenvalue weighted by Crippen LogP contribution is 2.50. The summed E-state index contributed by atoms with van der Waals surface area (Å²) < 4.78 is 5.24. The van der Waals surface area contributed by atoms with E-state index in [1.165, 1.54) is 18.5 Å². The van der Waals surface area contributed by atoms with Crippen molar-refractivity contribution >= 4 is 17.6 Å². The lowest BCUT2D eigenvalue weighted by molar-refractivity contribution is -0.134. The van der Waals surface area contributed by atoms with E-state index in [1.807, 2.05) is 6.20 Å². The first-order chi connectivity index (χ1) is 12.0. The molecule has 1 aliphatic heterocycles. The van der Waals surface area contributed by atoms with Gasteiger partial charge in [-0.1, -0.05) is 0 Å². The molecule has 0 aromatic carbocycles. The largest absolute Gasteiger partial charge is 0.495 e. The second-order valence-electron chi connectivity index (χ2n) is 6.03. The fraction of sp³-hybridized carbons (Fsp3) is 0.471. The predicted octanol–water partition coefficient (Wildman–Crippen LogP) is 1.12. The minimum atomic E-state index is -1.26. The molecule has 2 heterocycles. The lowest BCUT2D eigenvalue weighted by Crippen LogP contribution is -2.34. The van der Waals surface area contributed by atoms with Crippen LogP contribution in [0.2, 0.25) is 0 Å². The van der Waals surface area contributed by atoms with Crippen LogP contribution in [0.25, 0.3) is 0 Å². The molecule has 3 unspecified atom stereocenters.